The second-order valence-corrected chi connectivity index (χ2v) is 7.44. The van der Waals surface area contributed by atoms with Gasteiger partial charge in [-0.05, 0) is 45.0 Å². The highest BCUT2D eigenvalue weighted by Gasteiger charge is 2.25. The molecule has 0 saturated carbocycles. The first kappa shape index (κ1) is 18.6. The van der Waals surface area contributed by atoms with Gasteiger partial charge >= 0.3 is 0 Å². The Bertz CT molecular complexity index is 947. The Hall–Kier alpha value is -2.80. The van der Waals surface area contributed by atoms with E-state index in [0.29, 0.717) is 37.5 Å². The average Bonchev–Trinajstić information content (AvgIpc) is 3.28. The standard InChI is InChI=1S/C21H26N4O3/c1-14(2)25(11-16-13-26-18-7-5-6-8-19(18)27-16)12-20-22-23-21(28-20)17-10-9-15(3)24(17)4/h5-10,14,16H,11-13H2,1-4H3/t16-/m1/s1. The van der Waals surface area contributed by atoms with E-state index in [1.165, 1.54) is 0 Å². The van der Waals surface area contributed by atoms with Crippen LogP contribution in [0.2, 0.25) is 0 Å². The molecule has 3 heterocycles. The molecule has 0 aliphatic carbocycles. The molecule has 0 unspecified atom stereocenters. The summed E-state index contributed by atoms with van der Waals surface area (Å²) in [6, 6.07) is 12.1. The zero-order chi connectivity index (χ0) is 19.7. The van der Waals surface area contributed by atoms with Crippen molar-refractivity contribution < 1.29 is 13.9 Å². The minimum atomic E-state index is -0.0461. The number of ether oxygens (including phenoxy) is 2. The van der Waals surface area contributed by atoms with Crippen LogP contribution in [0.25, 0.3) is 11.6 Å². The van der Waals surface area contributed by atoms with E-state index >= 15 is 0 Å². The van der Waals surface area contributed by atoms with Gasteiger partial charge in [-0.15, -0.1) is 10.2 Å². The summed E-state index contributed by atoms with van der Waals surface area (Å²) in [5.41, 5.74) is 2.07. The number of hydrogen-bond acceptors (Lipinski definition) is 6. The molecule has 0 spiro atoms. The van der Waals surface area contributed by atoms with Crippen molar-refractivity contribution in [3.63, 3.8) is 0 Å². The number of para-hydroxylation sites is 2. The molecule has 7 heteroatoms. The van der Waals surface area contributed by atoms with Crippen molar-refractivity contribution in [2.75, 3.05) is 13.2 Å². The van der Waals surface area contributed by atoms with E-state index in [1.54, 1.807) is 0 Å². The lowest BCUT2D eigenvalue weighted by atomic mass is 10.2. The maximum absolute atomic E-state index is 6.11. The van der Waals surface area contributed by atoms with Crippen molar-refractivity contribution in [2.24, 2.45) is 7.05 Å². The highest BCUT2D eigenvalue weighted by atomic mass is 16.6. The molecule has 0 bridgehead atoms. The van der Waals surface area contributed by atoms with Gasteiger partial charge in [-0.2, -0.15) is 0 Å². The molecule has 4 rings (SSSR count). The van der Waals surface area contributed by atoms with E-state index < -0.39 is 0 Å². The Morgan fingerprint density at radius 3 is 2.64 bits per heavy atom. The summed E-state index contributed by atoms with van der Waals surface area (Å²) < 4.78 is 19.9. The van der Waals surface area contributed by atoms with Gasteiger partial charge in [0.2, 0.25) is 5.89 Å². The van der Waals surface area contributed by atoms with E-state index in [4.69, 9.17) is 13.9 Å². The van der Waals surface area contributed by atoms with Gasteiger partial charge in [-0.3, -0.25) is 4.90 Å². The Balaban J connectivity index is 1.44. The summed E-state index contributed by atoms with van der Waals surface area (Å²) in [6.45, 7) is 8.15. The first-order valence-corrected chi connectivity index (χ1v) is 9.59. The third kappa shape index (κ3) is 3.75. The van der Waals surface area contributed by atoms with Crippen molar-refractivity contribution in [1.82, 2.24) is 19.7 Å². The van der Waals surface area contributed by atoms with Gasteiger partial charge in [0, 0.05) is 25.3 Å². The van der Waals surface area contributed by atoms with E-state index in [1.807, 2.05) is 54.9 Å². The molecule has 1 aliphatic rings. The maximum atomic E-state index is 6.11. The van der Waals surface area contributed by atoms with Crippen LogP contribution in [0.15, 0.2) is 40.8 Å². The number of hydrogen-bond donors (Lipinski definition) is 0. The van der Waals surface area contributed by atoms with Crippen LogP contribution < -0.4 is 9.47 Å². The second kappa shape index (κ2) is 7.67. The van der Waals surface area contributed by atoms with Gasteiger partial charge in [0.25, 0.3) is 5.89 Å². The molecule has 28 heavy (non-hydrogen) atoms. The maximum Gasteiger partial charge on any atom is 0.264 e. The van der Waals surface area contributed by atoms with Crippen LogP contribution in [-0.2, 0) is 13.6 Å². The van der Waals surface area contributed by atoms with Crippen molar-refractivity contribution in [3.05, 3.63) is 48.0 Å². The largest absolute Gasteiger partial charge is 0.486 e. The SMILES string of the molecule is Cc1ccc(-c2nnc(CN(C[C@@H]3COc4ccccc4O3)C(C)C)o2)n1C. The number of fused-ring (bicyclic) bond motifs is 1. The first-order valence-electron chi connectivity index (χ1n) is 9.59. The summed E-state index contributed by atoms with van der Waals surface area (Å²) in [5, 5.41) is 8.48. The quantitative estimate of drug-likeness (QED) is 0.651. The predicted molar refractivity (Wildman–Crippen MR) is 105 cm³/mol. The van der Waals surface area contributed by atoms with E-state index in [2.05, 4.69) is 28.9 Å². The number of aryl methyl sites for hydroxylation is 1. The van der Waals surface area contributed by atoms with Gasteiger partial charge in [-0.25, -0.2) is 0 Å². The molecule has 1 aliphatic heterocycles. The predicted octanol–water partition coefficient (Wildman–Crippen LogP) is 3.43. The molecule has 0 amide bonds. The minimum Gasteiger partial charge on any atom is -0.486 e. The Labute approximate surface area is 164 Å². The summed E-state index contributed by atoms with van der Waals surface area (Å²) in [4.78, 5) is 2.26. The molecule has 1 aromatic carbocycles. The van der Waals surface area contributed by atoms with Crippen LogP contribution >= 0.6 is 0 Å². The van der Waals surface area contributed by atoms with E-state index in [9.17, 15) is 0 Å². The van der Waals surface area contributed by atoms with Crippen LogP contribution in [0.3, 0.4) is 0 Å². The lowest BCUT2D eigenvalue weighted by Crippen LogP contribution is -2.43. The van der Waals surface area contributed by atoms with Crippen molar-refractivity contribution in [3.8, 4) is 23.1 Å². The minimum absolute atomic E-state index is 0.0461. The molecule has 1 atom stereocenters. The number of aromatic nitrogens is 3. The highest BCUT2D eigenvalue weighted by molar-refractivity contribution is 5.48. The van der Waals surface area contributed by atoms with Crippen LogP contribution in [0.1, 0.15) is 25.4 Å². The molecular weight excluding hydrogens is 356 g/mol. The molecule has 2 aromatic heterocycles. The molecule has 7 nitrogen and oxygen atoms in total. The lowest BCUT2D eigenvalue weighted by Gasteiger charge is -2.32. The highest BCUT2D eigenvalue weighted by Crippen LogP contribution is 2.31. The molecular formula is C21H26N4O3. The second-order valence-electron chi connectivity index (χ2n) is 7.44. The summed E-state index contributed by atoms with van der Waals surface area (Å²) in [6.07, 6.45) is -0.0461. The zero-order valence-corrected chi connectivity index (χ0v) is 16.8. The normalized spacial score (nSPS) is 16.1. The van der Waals surface area contributed by atoms with Gasteiger partial charge in [0.1, 0.15) is 18.4 Å². The lowest BCUT2D eigenvalue weighted by molar-refractivity contribution is 0.0440. The fourth-order valence-electron chi connectivity index (χ4n) is 3.30. The van der Waals surface area contributed by atoms with Crippen LogP contribution in [-0.4, -0.2) is 45.0 Å². The Morgan fingerprint density at radius 2 is 1.93 bits per heavy atom. The molecule has 0 N–H and O–H groups in total. The van der Waals surface area contributed by atoms with Crippen LogP contribution in [0, 0.1) is 6.92 Å². The molecule has 0 radical (unpaired) electrons. The molecule has 3 aromatic rings. The number of benzene rings is 1. The third-order valence-electron chi connectivity index (χ3n) is 5.13. The molecule has 0 saturated heterocycles. The van der Waals surface area contributed by atoms with Crippen LogP contribution in [0.4, 0.5) is 0 Å². The summed E-state index contributed by atoms with van der Waals surface area (Å²) in [7, 11) is 1.99. The fourth-order valence-corrected chi connectivity index (χ4v) is 3.30. The average molecular weight is 382 g/mol. The smallest absolute Gasteiger partial charge is 0.264 e. The van der Waals surface area contributed by atoms with Crippen molar-refractivity contribution >= 4 is 0 Å². The van der Waals surface area contributed by atoms with Crippen LogP contribution in [0.5, 0.6) is 11.5 Å². The number of rotatable bonds is 6. The van der Waals surface area contributed by atoms with Gasteiger partial charge in [-0.1, -0.05) is 12.1 Å². The Kier molecular flexibility index (Phi) is 5.09. The topological polar surface area (TPSA) is 65.6 Å². The third-order valence-corrected chi connectivity index (χ3v) is 5.13. The summed E-state index contributed by atoms with van der Waals surface area (Å²) in [5.74, 6) is 2.73. The molecule has 148 valence electrons. The molecule has 0 fully saturated rings. The van der Waals surface area contributed by atoms with Gasteiger partial charge < -0.3 is 18.5 Å². The number of nitrogens with zero attached hydrogens (tertiary/aromatic N) is 4. The Morgan fingerprint density at radius 1 is 1.14 bits per heavy atom. The zero-order valence-electron chi connectivity index (χ0n) is 16.8. The first-order chi connectivity index (χ1) is 13.5. The van der Waals surface area contributed by atoms with E-state index in [0.717, 1.165) is 22.9 Å². The monoisotopic (exact) mass is 382 g/mol. The van der Waals surface area contributed by atoms with Crippen molar-refractivity contribution in [2.45, 2.75) is 39.5 Å². The van der Waals surface area contributed by atoms with Gasteiger partial charge in [0.05, 0.1) is 6.54 Å². The van der Waals surface area contributed by atoms with Gasteiger partial charge in [0.15, 0.2) is 11.5 Å². The fraction of sp³-hybridized carbons (Fsp3) is 0.429. The van der Waals surface area contributed by atoms with Crippen molar-refractivity contribution in [1.29, 1.82) is 0 Å². The summed E-state index contributed by atoms with van der Waals surface area (Å²) >= 11 is 0. The van der Waals surface area contributed by atoms with E-state index in [-0.39, 0.29) is 6.10 Å².